The number of rotatable bonds is 6. The van der Waals surface area contributed by atoms with Crippen LogP contribution in [0.3, 0.4) is 0 Å². The third-order valence-corrected chi connectivity index (χ3v) is 5.53. The van der Waals surface area contributed by atoms with Gasteiger partial charge in [0.05, 0.1) is 14.7 Å². The Morgan fingerprint density at radius 1 is 1.46 bits per heavy atom. The SMILES string of the molecule is C=CC(=O)OCC[Si](C)(C)CCC. The van der Waals surface area contributed by atoms with E-state index in [2.05, 4.69) is 26.6 Å². The largest absolute Gasteiger partial charge is 0.463 e. The van der Waals surface area contributed by atoms with Gasteiger partial charge in [0.2, 0.25) is 0 Å². The van der Waals surface area contributed by atoms with Crippen molar-refractivity contribution in [3.63, 3.8) is 0 Å². The van der Waals surface area contributed by atoms with Crippen molar-refractivity contribution in [1.82, 2.24) is 0 Å². The molecule has 0 fully saturated rings. The maximum atomic E-state index is 10.7. The van der Waals surface area contributed by atoms with E-state index in [1.807, 2.05) is 0 Å². The van der Waals surface area contributed by atoms with Crippen molar-refractivity contribution >= 4 is 14.0 Å². The second-order valence-corrected chi connectivity index (χ2v) is 9.36. The minimum Gasteiger partial charge on any atom is -0.463 e. The molecule has 0 aliphatic rings. The van der Waals surface area contributed by atoms with Crippen molar-refractivity contribution in [2.24, 2.45) is 0 Å². The van der Waals surface area contributed by atoms with Gasteiger partial charge in [-0.2, -0.15) is 0 Å². The van der Waals surface area contributed by atoms with Crippen molar-refractivity contribution in [1.29, 1.82) is 0 Å². The lowest BCUT2D eigenvalue weighted by Crippen LogP contribution is -2.26. The van der Waals surface area contributed by atoms with E-state index in [0.29, 0.717) is 6.61 Å². The lowest BCUT2D eigenvalue weighted by Gasteiger charge is -2.20. The van der Waals surface area contributed by atoms with Crippen molar-refractivity contribution in [3.05, 3.63) is 12.7 Å². The molecule has 2 nitrogen and oxygen atoms in total. The number of hydrogen-bond acceptors (Lipinski definition) is 2. The number of carbonyl (C=O) groups is 1. The van der Waals surface area contributed by atoms with E-state index in [-0.39, 0.29) is 5.97 Å². The Balaban J connectivity index is 3.62. The maximum Gasteiger partial charge on any atom is 0.330 e. The molecule has 0 aliphatic heterocycles. The molecule has 76 valence electrons. The number of ether oxygens (including phenoxy) is 1. The van der Waals surface area contributed by atoms with Crippen LogP contribution in [0.2, 0.25) is 25.2 Å². The molecule has 0 unspecified atom stereocenters. The number of esters is 1. The smallest absolute Gasteiger partial charge is 0.330 e. The van der Waals surface area contributed by atoms with Gasteiger partial charge >= 0.3 is 5.97 Å². The Hall–Kier alpha value is -0.573. The van der Waals surface area contributed by atoms with Crippen LogP contribution in [0.5, 0.6) is 0 Å². The van der Waals surface area contributed by atoms with Gasteiger partial charge in [0.25, 0.3) is 0 Å². The molecule has 0 heterocycles. The summed E-state index contributed by atoms with van der Waals surface area (Å²) in [4.78, 5) is 10.7. The summed E-state index contributed by atoms with van der Waals surface area (Å²) in [5.41, 5.74) is 0. The van der Waals surface area contributed by atoms with Crippen LogP contribution < -0.4 is 0 Å². The van der Waals surface area contributed by atoms with Gasteiger partial charge < -0.3 is 4.74 Å². The molecular weight excluding hydrogens is 180 g/mol. The topological polar surface area (TPSA) is 26.3 Å². The van der Waals surface area contributed by atoms with Gasteiger partial charge in [-0.05, 0) is 6.04 Å². The van der Waals surface area contributed by atoms with Crippen LogP contribution in [-0.2, 0) is 9.53 Å². The Morgan fingerprint density at radius 3 is 2.54 bits per heavy atom. The van der Waals surface area contributed by atoms with E-state index >= 15 is 0 Å². The van der Waals surface area contributed by atoms with Gasteiger partial charge in [-0.25, -0.2) is 4.79 Å². The van der Waals surface area contributed by atoms with Gasteiger partial charge in [-0.3, -0.25) is 0 Å². The molecule has 0 aromatic heterocycles. The fourth-order valence-electron chi connectivity index (χ4n) is 1.29. The normalized spacial score (nSPS) is 11.0. The molecule has 13 heavy (non-hydrogen) atoms. The van der Waals surface area contributed by atoms with E-state index in [0.717, 1.165) is 6.04 Å². The molecule has 0 aromatic rings. The highest BCUT2D eigenvalue weighted by Crippen LogP contribution is 2.16. The second-order valence-electron chi connectivity index (χ2n) is 4.04. The lowest BCUT2D eigenvalue weighted by atomic mass is 10.6. The van der Waals surface area contributed by atoms with E-state index in [1.54, 1.807) is 0 Å². The maximum absolute atomic E-state index is 10.7. The minimum absolute atomic E-state index is 0.304. The van der Waals surface area contributed by atoms with Gasteiger partial charge in [-0.1, -0.05) is 39.1 Å². The molecule has 0 radical (unpaired) electrons. The minimum atomic E-state index is -1.09. The van der Waals surface area contributed by atoms with Crippen LogP contribution in [0, 0.1) is 0 Å². The lowest BCUT2D eigenvalue weighted by molar-refractivity contribution is -0.137. The first-order valence-electron chi connectivity index (χ1n) is 4.81. The van der Waals surface area contributed by atoms with Crippen LogP contribution in [-0.4, -0.2) is 20.7 Å². The van der Waals surface area contributed by atoms with Crippen molar-refractivity contribution < 1.29 is 9.53 Å². The summed E-state index contributed by atoms with van der Waals surface area (Å²) in [6.45, 7) is 10.8. The Bertz CT molecular complexity index is 176. The average molecular weight is 200 g/mol. The zero-order valence-electron chi connectivity index (χ0n) is 8.93. The van der Waals surface area contributed by atoms with Crippen molar-refractivity contribution in [3.8, 4) is 0 Å². The Kier molecular flexibility index (Phi) is 5.71. The summed E-state index contributed by atoms with van der Waals surface area (Å²) >= 11 is 0. The fraction of sp³-hybridized carbons (Fsp3) is 0.700. The zero-order valence-corrected chi connectivity index (χ0v) is 9.93. The fourth-order valence-corrected chi connectivity index (χ4v) is 3.55. The summed E-state index contributed by atoms with van der Waals surface area (Å²) < 4.78 is 4.95. The third-order valence-electron chi connectivity index (χ3n) is 2.12. The first kappa shape index (κ1) is 12.4. The molecule has 0 amide bonds. The van der Waals surface area contributed by atoms with E-state index in [4.69, 9.17) is 4.74 Å². The summed E-state index contributed by atoms with van der Waals surface area (Å²) in [6, 6.07) is 2.36. The summed E-state index contributed by atoms with van der Waals surface area (Å²) in [7, 11) is -1.09. The quantitative estimate of drug-likeness (QED) is 0.374. The monoisotopic (exact) mass is 200 g/mol. The average Bonchev–Trinajstić information content (AvgIpc) is 2.03. The molecule has 0 atom stereocenters. The summed E-state index contributed by atoms with van der Waals surface area (Å²) in [5, 5.41) is 0. The zero-order chi connectivity index (χ0) is 10.3. The summed E-state index contributed by atoms with van der Waals surface area (Å²) in [6.07, 6.45) is 2.45. The van der Waals surface area contributed by atoms with Gasteiger partial charge in [-0.15, -0.1) is 0 Å². The molecule has 0 saturated heterocycles. The van der Waals surface area contributed by atoms with Crippen molar-refractivity contribution in [2.75, 3.05) is 6.61 Å². The van der Waals surface area contributed by atoms with Crippen LogP contribution >= 0.6 is 0 Å². The molecular formula is C10H20O2Si. The van der Waals surface area contributed by atoms with Gasteiger partial charge in [0, 0.05) is 6.08 Å². The first-order chi connectivity index (χ1) is 6.02. The number of hydrogen-bond donors (Lipinski definition) is 0. The van der Waals surface area contributed by atoms with Crippen LogP contribution in [0.25, 0.3) is 0 Å². The first-order valence-corrected chi connectivity index (χ1v) is 8.22. The molecule has 0 saturated carbocycles. The molecule has 0 aliphatic carbocycles. The summed E-state index contributed by atoms with van der Waals surface area (Å²) in [5.74, 6) is -0.304. The molecule has 0 bridgehead atoms. The van der Waals surface area contributed by atoms with Crippen LogP contribution in [0.15, 0.2) is 12.7 Å². The Labute approximate surface area is 82.0 Å². The van der Waals surface area contributed by atoms with Crippen molar-refractivity contribution in [2.45, 2.75) is 38.5 Å². The van der Waals surface area contributed by atoms with E-state index in [9.17, 15) is 4.79 Å². The standard InChI is InChI=1S/C10H20O2Si/c1-5-8-13(3,4)9-7-12-10(11)6-2/h6H,2,5,7-9H2,1,3-4H3. The second kappa shape index (κ2) is 5.97. The van der Waals surface area contributed by atoms with Crippen LogP contribution in [0.4, 0.5) is 0 Å². The molecule has 0 aromatic carbocycles. The molecule has 0 spiro atoms. The highest BCUT2D eigenvalue weighted by Gasteiger charge is 2.19. The van der Waals surface area contributed by atoms with E-state index in [1.165, 1.54) is 18.5 Å². The molecule has 0 N–H and O–H groups in total. The predicted octanol–water partition coefficient (Wildman–Crippen LogP) is 2.83. The van der Waals surface area contributed by atoms with Gasteiger partial charge in [0.15, 0.2) is 0 Å². The highest BCUT2D eigenvalue weighted by atomic mass is 28.3. The highest BCUT2D eigenvalue weighted by molar-refractivity contribution is 6.77. The number of carbonyl (C=O) groups excluding carboxylic acids is 1. The predicted molar refractivity (Wildman–Crippen MR) is 58.5 cm³/mol. The third kappa shape index (κ3) is 6.58. The Morgan fingerprint density at radius 2 is 2.08 bits per heavy atom. The molecule has 3 heteroatoms. The van der Waals surface area contributed by atoms with E-state index < -0.39 is 8.07 Å². The van der Waals surface area contributed by atoms with Crippen LogP contribution in [0.1, 0.15) is 13.3 Å². The molecule has 0 rings (SSSR count). The van der Waals surface area contributed by atoms with Gasteiger partial charge in [0.1, 0.15) is 0 Å².